The molecule has 0 spiro atoms. The first-order valence-electron chi connectivity index (χ1n) is 7.74. The van der Waals surface area contributed by atoms with Crippen molar-refractivity contribution in [2.45, 2.75) is 37.7 Å². The Morgan fingerprint density at radius 3 is 2.60 bits per heavy atom. The lowest BCUT2D eigenvalue weighted by atomic mass is 9.91. The number of hydrogen-bond donors (Lipinski definition) is 1. The van der Waals surface area contributed by atoms with Crippen molar-refractivity contribution in [3.05, 3.63) is 29.8 Å². The number of nitrogens with zero attached hydrogens (tertiary/aromatic N) is 1. The van der Waals surface area contributed by atoms with Crippen molar-refractivity contribution in [2.75, 3.05) is 32.5 Å². The number of methoxy groups -OCH3 is 1. The van der Waals surface area contributed by atoms with Gasteiger partial charge in [-0.3, -0.25) is 4.90 Å². The highest BCUT2D eigenvalue weighted by Gasteiger charge is 2.46. The molecule has 1 saturated carbocycles. The van der Waals surface area contributed by atoms with E-state index in [-0.39, 0.29) is 0 Å². The Morgan fingerprint density at radius 1 is 1.30 bits per heavy atom. The van der Waals surface area contributed by atoms with Gasteiger partial charge in [0.2, 0.25) is 0 Å². The Kier molecular flexibility index (Phi) is 3.74. The lowest BCUT2D eigenvalue weighted by Gasteiger charge is -2.38. The van der Waals surface area contributed by atoms with Crippen molar-refractivity contribution in [3.8, 4) is 0 Å². The van der Waals surface area contributed by atoms with Gasteiger partial charge in [0, 0.05) is 31.3 Å². The van der Waals surface area contributed by atoms with Crippen LogP contribution in [0.2, 0.25) is 0 Å². The van der Waals surface area contributed by atoms with Gasteiger partial charge in [-0.1, -0.05) is 19.1 Å². The largest absolute Gasteiger partial charge is 0.399 e. The lowest BCUT2D eigenvalue weighted by molar-refractivity contribution is -0.00750. The summed E-state index contributed by atoms with van der Waals surface area (Å²) in [4.78, 5) is 2.59. The maximum absolute atomic E-state index is 5.80. The molecule has 2 aliphatic rings. The van der Waals surface area contributed by atoms with Gasteiger partial charge in [0.25, 0.3) is 0 Å². The molecular formula is C17H26N2O. The van der Waals surface area contributed by atoms with Gasteiger partial charge in [-0.25, -0.2) is 0 Å². The minimum absolute atomic E-state index is 0.382. The number of nitrogens with two attached hydrogens (primary N) is 1. The van der Waals surface area contributed by atoms with E-state index in [1.807, 2.05) is 19.2 Å². The minimum atomic E-state index is 0.382. The summed E-state index contributed by atoms with van der Waals surface area (Å²) < 4.78 is 5.63. The average molecular weight is 274 g/mol. The fraction of sp³-hybridized carbons (Fsp3) is 0.647. The first kappa shape index (κ1) is 13.9. The zero-order valence-electron chi connectivity index (χ0n) is 12.6. The van der Waals surface area contributed by atoms with E-state index in [9.17, 15) is 0 Å². The fourth-order valence-electron chi connectivity index (χ4n) is 3.50. The van der Waals surface area contributed by atoms with Crippen molar-refractivity contribution in [2.24, 2.45) is 5.92 Å². The molecule has 2 fully saturated rings. The third kappa shape index (κ3) is 2.70. The van der Waals surface area contributed by atoms with Crippen LogP contribution in [0.3, 0.4) is 0 Å². The van der Waals surface area contributed by atoms with Crippen molar-refractivity contribution in [1.29, 1.82) is 0 Å². The highest BCUT2D eigenvalue weighted by atomic mass is 16.5. The summed E-state index contributed by atoms with van der Waals surface area (Å²) in [5.41, 5.74) is 8.50. The van der Waals surface area contributed by atoms with Crippen LogP contribution in [0.1, 0.15) is 31.7 Å². The van der Waals surface area contributed by atoms with Crippen LogP contribution in [0.15, 0.2) is 24.3 Å². The molecule has 0 radical (unpaired) electrons. The standard InChI is InChI=1S/C17H26N2O/c1-13-7-10-19(11-16(13)20-2)12-17(8-9-17)14-3-5-15(18)6-4-14/h3-6,13,16H,7-12,18H2,1-2H3. The van der Waals surface area contributed by atoms with Gasteiger partial charge in [-0.2, -0.15) is 0 Å². The minimum Gasteiger partial charge on any atom is -0.399 e. The average Bonchev–Trinajstić information content (AvgIpc) is 3.22. The normalized spacial score (nSPS) is 29.3. The highest BCUT2D eigenvalue weighted by molar-refractivity contribution is 5.43. The van der Waals surface area contributed by atoms with Gasteiger partial charge < -0.3 is 10.5 Å². The van der Waals surface area contributed by atoms with E-state index < -0.39 is 0 Å². The van der Waals surface area contributed by atoms with Crippen LogP contribution >= 0.6 is 0 Å². The summed E-state index contributed by atoms with van der Waals surface area (Å²) in [5, 5.41) is 0. The maximum Gasteiger partial charge on any atom is 0.0724 e. The van der Waals surface area contributed by atoms with E-state index in [1.165, 1.54) is 37.9 Å². The van der Waals surface area contributed by atoms with Crippen LogP contribution in [0.5, 0.6) is 0 Å². The maximum atomic E-state index is 5.80. The van der Waals surface area contributed by atoms with Crippen LogP contribution in [-0.4, -0.2) is 37.7 Å². The summed E-state index contributed by atoms with van der Waals surface area (Å²) in [6.07, 6.45) is 4.25. The zero-order valence-corrected chi connectivity index (χ0v) is 12.6. The first-order chi connectivity index (χ1) is 9.63. The molecule has 20 heavy (non-hydrogen) atoms. The van der Waals surface area contributed by atoms with Crippen LogP contribution < -0.4 is 5.73 Å². The van der Waals surface area contributed by atoms with E-state index in [2.05, 4.69) is 24.0 Å². The zero-order chi connectivity index (χ0) is 14.2. The van der Waals surface area contributed by atoms with E-state index in [0.717, 1.165) is 12.2 Å². The SMILES string of the molecule is COC1CN(CC2(c3ccc(N)cc3)CC2)CCC1C. The predicted octanol–water partition coefficient (Wildman–Crippen LogP) is 2.66. The Bertz CT molecular complexity index is 453. The molecule has 2 N–H and O–H groups in total. The number of benzene rings is 1. The molecule has 1 aliphatic carbocycles. The number of hydrogen-bond acceptors (Lipinski definition) is 3. The van der Waals surface area contributed by atoms with Gasteiger partial charge in [0.15, 0.2) is 0 Å². The molecule has 1 saturated heterocycles. The van der Waals surface area contributed by atoms with Crippen LogP contribution in [0.25, 0.3) is 0 Å². The second-order valence-electron chi connectivity index (χ2n) is 6.68. The molecule has 3 rings (SSSR count). The molecule has 1 aromatic rings. The van der Waals surface area contributed by atoms with E-state index in [0.29, 0.717) is 17.4 Å². The number of piperidine rings is 1. The van der Waals surface area contributed by atoms with Crippen molar-refractivity contribution in [1.82, 2.24) is 4.90 Å². The monoisotopic (exact) mass is 274 g/mol. The molecule has 0 amide bonds. The summed E-state index contributed by atoms with van der Waals surface area (Å²) in [7, 11) is 1.84. The molecule has 0 bridgehead atoms. The summed E-state index contributed by atoms with van der Waals surface area (Å²) in [6.45, 7) is 5.76. The Labute approximate surface area is 122 Å². The fourth-order valence-corrected chi connectivity index (χ4v) is 3.50. The van der Waals surface area contributed by atoms with Gasteiger partial charge in [0.05, 0.1) is 6.10 Å². The van der Waals surface area contributed by atoms with Crippen molar-refractivity contribution >= 4 is 5.69 Å². The number of rotatable bonds is 4. The highest BCUT2D eigenvalue weighted by Crippen LogP contribution is 2.49. The smallest absolute Gasteiger partial charge is 0.0724 e. The summed E-state index contributed by atoms with van der Waals surface area (Å²) in [5.74, 6) is 0.683. The quantitative estimate of drug-likeness (QED) is 0.858. The predicted molar refractivity (Wildman–Crippen MR) is 82.8 cm³/mol. The molecule has 1 aliphatic heterocycles. The van der Waals surface area contributed by atoms with Gasteiger partial charge in [-0.15, -0.1) is 0 Å². The molecule has 1 heterocycles. The molecule has 2 atom stereocenters. The van der Waals surface area contributed by atoms with E-state index >= 15 is 0 Å². The van der Waals surface area contributed by atoms with Crippen molar-refractivity contribution in [3.63, 3.8) is 0 Å². The van der Waals surface area contributed by atoms with Gasteiger partial charge >= 0.3 is 0 Å². The molecule has 0 aromatic heterocycles. The molecule has 3 heteroatoms. The number of ether oxygens (including phenoxy) is 1. The molecular weight excluding hydrogens is 248 g/mol. The van der Waals surface area contributed by atoms with Gasteiger partial charge in [-0.05, 0) is 49.4 Å². The molecule has 110 valence electrons. The van der Waals surface area contributed by atoms with E-state index in [4.69, 9.17) is 10.5 Å². The second kappa shape index (κ2) is 5.38. The van der Waals surface area contributed by atoms with Crippen LogP contribution in [0.4, 0.5) is 5.69 Å². The summed E-state index contributed by atoms with van der Waals surface area (Å²) >= 11 is 0. The Hall–Kier alpha value is -1.06. The van der Waals surface area contributed by atoms with Crippen LogP contribution in [0, 0.1) is 5.92 Å². The van der Waals surface area contributed by atoms with E-state index in [1.54, 1.807) is 0 Å². The first-order valence-corrected chi connectivity index (χ1v) is 7.74. The Morgan fingerprint density at radius 2 is 2.00 bits per heavy atom. The van der Waals surface area contributed by atoms with Gasteiger partial charge in [0.1, 0.15) is 0 Å². The van der Waals surface area contributed by atoms with Crippen LogP contribution in [-0.2, 0) is 10.2 Å². The second-order valence-corrected chi connectivity index (χ2v) is 6.68. The molecule has 2 unspecified atom stereocenters. The summed E-state index contributed by atoms with van der Waals surface area (Å²) in [6, 6.07) is 8.49. The Balaban J connectivity index is 1.67. The number of nitrogen functional groups attached to an aromatic ring is 1. The third-order valence-electron chi connectivity index (χ3n) is 5.18. The third-order valence-corrected chi connectivity index (χ3v) is 5.18. The number of anilines is 1. The number of likely N-dealkylation sites (tertiary alicyclic amines) is 1. The van der Waals surface area contributed by atoms with Crippen molar-refractivity contribution < 1.29 is 4.74 Å². The lowest BCUT2D eigenvalue weighted by Crippen LogP contribution is -2.46. The topological polar surface area (TPSA) is 38.5 Å². The molecule has 1 aromatic carbocycles. The molecule has 3 nitrogen and oxygen atoms in total.